The van der Waals surface area contributed by atoms with Gasteiger partial charge < -0.3 is 9.64 Å². The van der Waals surface area contributed by atoms with E-state index in [2.05, 4.69) is 11.9 Å². The van der Waals surface area contributed by atoms with Gasteiger partial charge in [0.2, 0.25) is 0 Å². The normalized spacial score (nSPS) is 19.6. The Bertz CT molecular complexity index is 385. The molecular formula is C16H23NO2. The van der Waals surface area contributed by atoms with Gasteiger partial charge in [-0.1, -0.05) is 30.3 Å². The highest BCUT2D eigenvalue weighted by molar-refractivity contribution is 5.96. The molecule has 0 radical (unpaired) electrons. The second kappa shape index (κ2) is 7.41. The number of hydrogen-bond donors (Lipinski definition) is 0. The van der Waals surface area contributed by atoms with Crippen LogP contribution in [0.3, 0.4) is 0 Å². The number of benzene rings is 1. The van der Waals surface area contributed by atoms with Gasteiger partial charge in [0.15, 0.2) is 5.78 Å². The molecule has 0 saturated carbocycles. The van der Waals surface area contributed by atoms with Crippen LogP contribution in [0.15, 0.2) is 30.3 Å². The van der Waals surface area contributed by atoms with Crippen molar-refractivity contribution in [1.29, 1.82) is 0 Å². The van der Waals surface area contributed by atoms with Gasteiger partial charge >= 0.3 is 0 Å². The Morgan fingerprint density at radius 2 is 2.16 bits per heavy atom. The molecule has 1 fully saturated rings. The number of ether oxygens (including phenoxy) is 1. The van der Waals surface area contributed by atoms with Crippen LogP contribution in [-0.2, 0) is 4.74 Å². The molecule has 3 nitrogen and oxygen atoms in total. The molecule has 1 aromatic carbocycles. The zero-order chi connectivity index (χ0) is 13.5. The van der Waals surface area contributed by atoms with Gasteiger partial charge in [-0.3, -0.25) is 4.79 Å². The summed E-state index contributed by atoms with van der Waals surface area (Å²) in [5.74, 6) is 0.859. The highest BCUT2D eigenvalue weighted by Gasteiger charge is 2.16. The van der Waals surface area contributed by atoms with Gasteiger partial charge in [0.05, 0.1) is 6.61 Å². The van der Waals surface area contributed by atoms with Crippen LogP contribution in [0.5, 0.6) is 0 Å². The molecule has 1 aromatic rings. The van der Waals surface area contributed by atoms with E-state index >= 15 is 0 Å². The van der Waals surface area contributed by atoms with Crippen molar-refractivity contribution in [2.24, 2.45) is 5.92 Å². The van der Waals surface area contributed by atoms with Crippen molar-refractivity contribution in [2.45, 2.75) is 19.3 Å². The van der Waals surface area contributed by atoms with E-state index in [1.165, 1.54) is 12.8 Å². The molecule has 1 unspecified atom stereocenters. The van der Waals surface area contributed by atoms with Crippen molar-refractivity contribution in [2.75, 3.05) is 33.4 Å². The molecule has 0 bridgehead atoms. The highest BCUT2D eigenvalue weighted by atomic mass is 16.5. The standard InChI is InChI=1S/C16H23NO2/c1-17(12-14-6-5-11-19-13-14)10-9-16(18)15-7-3-2-4-8-15/h2-4,7-8,14H,5-6,9-13H2,1H3. The van der Waals surface area contributed by atoms with Gasteiger partial charge in [-0.25, -0.2) is 0 Å². The number of carbonyl (C=O) groups is 1. The summed E-state index contributed by atoms with van der Waals surface area (Å²) in [6.45, 7) is 3.63. The Kier molecular flexibility index (Phi) is 5.55. The van der Waals surface area contributed by atoms with Crippen molar-refractivity contribution in [3.8, 4) is 0 Å². The molecule has 0 aromatic heterocycles. The number of rotatable bonds is 6. The van der Waals surface area contributed by atoms with E-state index in [0.29, 0.717) is 12.3 Å². The predicted octanol–water partition coefficient (Wildman–Crippen LogP) is 2.62. The largest absolute Gasteiger partial charge is 0.381 e. The van der Waals surface area contributed by atoms with Crippen LogP contribution in [-0.4, -0.2) is 44.0 Å². The molecule has 1 aliphatic heterocycles. The molecule has 0 aliphatic carbocycles. The lowest BCUT2D eigenvalue weighted by atomic mass is 10.0. The first kappa shape index (κ1) is 14.2. The summed E-state index contributed by atoms with van der Waals surface area (Å²) in [4.78, 5) is 14.2. The molecule has 1 aliphatic rings. The summed E-state index contributed by atoms with van der Waals surface area (Å²) in [6.07, 6.45) is 3.01. The van der Waals surface area contributed by atoms with Gasteiger partial charge in [0.1, 0.15) is 0 Å². The number of ketones is 1. The quantitative estimate of drug-likeness (QED) is 0.737. The van der Waals surface area contributed by atoms with Crippen LogP contribution >= 0.6 is 0 Å². The maximum absolute atomic E-state index is 12.0. The van der Waals surface area contributed by atoms with E-state index in [1.807, 2.05) is 30.3 Å². The zero-order valence-electron chi connectivity index (χ0n) is 11.7. The molecule has 1 atom stereocenters. The summed E-state index contributed by atoms with van der Waals surface area (Å²) in [6, 6.07) is 9.53. The fourth-order valence-electron chi connectivity index (χ4n) is 2.54. The maximum atomic E-state index is 12.0. The van der Waals surface area contributed by atoms with E-state index in [-0.39, 0.29) is 5.78 Å². The molecule has 1 heterocycles. The monoisotopic (exact) mass is 261 g/mol. The van der Waals surface area contributed by atoms with E-state index in [9.17, 15) is 4.79 Å². The van der Waals surface area contributed by atoms with Crippen molar-refractivity contribution < 1.29 is 9.53 Å². The highest BCUT2D eigenvalue weighted by Crippen LogP contribution is 2.14. The lowest BCUT2D eigenvalue weighted by molar-refractivity contribution is 0.0418. The number of carbonyl (C=O) groups excluding carboxylic acids is 1. The van der Waals surface area contributed by atoms with Crippen LogP contribution in [0.1, 0.15) is 29.6 Å². The third kappa shape index (κ3) is 4.77. The first-order valence-electron chi connectivity index (χ1n) is 7.10. The van der Waals surface area contributed by atoms with Gasteiger partial charge in [-0.05, 0) is 25.8 Å². The predicted molar refractivity (Wildman–Crippen MR) is 76.4 cm³/mol. The molecule has 1 saturated heterocycles. The van der Waals surface area contributed by atoms with E-state index in [4.69, 9.17) is 4.74 Å². The van der Waals surface area contributed by atoms with Gasteiger partial charge in [-0.15, -0.1) is 0 Å². The second-order valence-electron chi connectivity index (χ2n) is 5.38. The minimum absolute atomic E-state index is 0.229. The summed E-state index contributed by atoms with van der Waals surface area (Å²) in [5, 5.41) is 0. The number of hydrogen-bond acceptors (Lipinski definition) is 3. The second-order valence-corrected chi connectivity index (χ2v) is 5.38. The summed E-state index contributed by atoms with van der Waals surface area (Å²) in [5.41, 5.74) is 0.817. The summed E-state index contributed by atoms with van der Waals surface area (Å²) >= 11 is 0. The number of nitrogens with zero attached hydrogens (tertiary/aromatic N) is 1. The van der Waals surface area contributed by atoms with Gasteiger partial charge in [0, 0.05) is 31.7 Å². The van der Waals surface area contributed by atoms with Gasteiger partial charge in [-0.2, -0.15) is 0 Å². The molecule has 104 valence electrons. The third-order valence-corrected chi connectivity index (χ3v) is 3.64. The average Bonchev–Trinajstić information content (AvgIpc) is 2.47. The van der Waals surface area contributed by atoms with Crippen LogP contribution in [0.25, 0.3) is 0 Å². The molecule has 2 rings (SSSR count). The average molecular weight is 261 g/mol. The minimum Gasteiger partial charge on any atom is -0.381 e. The Morgan fingerprint density at radius 1 is 1.37 bits per heavy atom. The summed E-state index contributed by atoms with van der Waals surface area (Å²) in [7, 11) is 2.09. The van der Waals surface area contributed by atoms with Crippen molar-refractivity contribution in [1.82, 2.24) is 4.90 Å². The van der Waals surface area contributed by atoms with E-state index in [0.717, 1.165) is 31.9 Å². The minimum atomic E-state index is 0.229. The van der Waals surface area contributed by atoms with Crippen molar-refractivity contribution >= 4 is 5.78 Å². The lowest BCUT2D eigenvalue weighted by Gasteiger charge is -2.26. The molecule has 0 amide bonds. The van der Waals surface area contributed by atoms with Crippen molar-refractivity contribution in [3.05, 3.63) is 35.9 Å². The lowest BCUT2D eigenvalue weighted by Crippen LogP contribution is -2.32. The van der Waals surface area contributed by atoms with E-state index < -0.39 is 0 Å². The molecule has 19 heavy (non-hydrogen) atoms. The fourth-order valence-corrected chi connectivity index (χ4v) is 2.54. The molecule has 0 N–H and O–H groups in total. The molecule has 0 spiro atoms. The van der Waals surface area contributed by atoms with Crippen LogP contribution < -0.4 is 0 Å². The van der Waals surface area contributed by atoms with E-state index in [1.54, 1.807) is 0 Å². The topological polar surface area (TPSA) is 29.5 Å². The SMILES string of the molecule is CN(CCC(=O)c1ccccc1)CC1CCCOC1. The first-order valence-corrected chi connectivity index (χ1v) is 7.10. The summed E-state index contributed by atoms with van der Waals surface area (Å²) < 4.78 is 5.48. The van der Waals surface area contributed by atoms with Gasteiger partial charge in [0.25, 0.3) is 0 Å². The zero-order valence-corrected chi connectivity index (χ0v) is 11.7. The Labute approximate surface area is 115 Å². The third-order valence-electron chi connectivity index (χ3n) is 3.64. The Morgan fingerprint density at radius 3 is 2.84 bits per heavy atom. The van der Waals surface area contributed by atoms with Crippen LogP contribution in [0.4, 0.5) is 0 Å². The Balaban J connectivity index is 1.71. The Hall–Kier alpha value is -1.19. The molecular weight excluding hydrogens is 238 g/mol. The smallest absolute Gasteiger partial charge is 0.164 e. The first-order chi connectivity index (χ1) is 9.25. The molecule has 3 heteroatoms. The fraction of sp³-hybridized carbons (Fsp3) is 0.562. The number of Topliss-reactive ketones (excluding diaryl/α,β-unsaturated/α-hetero) is 1. The maximum Gasteiger partial charge on any atom is 0.164 e. The van der Waals surface area contributed by atoms with Crippen molar-refractivity contribution in [3.63, 3.8) is 0 Å². The van der Waals surface area contributed by atoms with Crippen LogP contribution in [0.2, 0.25) is 0 Å². The van der Waals surface area contributed by atoms with Crippen LogP contribution in [0, 0.1) is 5.92 Å².